The fraction of sp³-hybridized carbons (Fsp3) is 0.833. The van der Waals surface area contributed by atoms with Gasteiger partial charge in [-0.15, -0.1) is 0 Å². The van der Waals surface area contributed by atoms with E-state index in [1.807, 2.05) is 0 Å². The summed E-state index contributed by atoms with van der Waals surface area (Å²) in [4.78, 5) is 11.8. The van der Waals surface area contributed by atoms with Crippen LogP contribution < -0.4 is 0 Å². The summed E-state index contributed by atoms with van der Waals surface area (Å²) in [6.07, 6.45) is 1.16. The lowest BCUT2D eigenvalue weighted by Crippen LogP contribution is -2.39. The number of hydrogen-bond donors (Lipinski definition) is 2. The van der Waals surface area contributed by atoms with Gasteiger partial charge in [0.25, 0.3) is 0 Å². The second-order valence-corrected chi connectivity index (χ2v) is 3.25. The maximum atomic E-state index is 10.4. The molecule has 1 aliphatic heterocycles. The molecule has 3 nitrogen and oxygen atoms in total. The van der Waals surface area contributed by atoms with Gasteiger partial charge < -0.3 is 10.0 Å². The van der Waals surface area contributed by atoms with Crippen LogP contribution in [-0.4, -0.2) is 34.4 Å². The summed E-state index contributed by atoms with van der Waals surface area (Å²) in [5, 5.41) is 8.79. The number of thiol groups is 1. The third kappa shape index (κ3) is 1.80. The SMILES string of the molecule is O=C(O)N1CCCC(S)C1. The molecule has 0 aromatic carbocycles. The Morgan fingerprint density at radius 3 is 2.80 bits per heavy atom. The molecule has 1 heterocycles. The van der Waals surface area contributed by atoms with Gasteiger partial charge in [0, 0.05) is 18.3 Å². The summed E-state index contributed by atoms with van der Waals surface area (Å²) in [5.74, 6) is 0. The van der Waals surface area contributed by atoms with Crippen LogP contribution in [0.5, 0.6) is 0 Å². The predicted molar refractivity (Wildman–Crippen MR) is 41.6 cm³/mol. The normalized spacial score (nSPS) is 26.5. The van der Waals surface area contributed by atoms with Gasteiger partial charge >= 0.3 is 6.09 Å². The zero-order valence-electron chi connectivity index (χ0n) is 5.66. The van der Waals surface area contributed by atoms with Crippen LogP contribution in [0.2, 0.25) is 0 Å². The molecule has 4 heteroatoms. The molecule has 0 aliphatic carbocycles. The van der Waals surface area contributed by atoms with Gasteiger partial charge in [0.1, 0.15) is 0 Å². The van der Waals surface area contributed by atoms with Crippen molar-refractivity contribution >= 4 is 18.7 Å². The number of likely N-dealkylation sites (tertiary alicyclic amines) is 1. The lowest BCUT2D eigenvalue weighted by molar-refractivity contribution is 0.137. The molecule has 1 fully saturated rings. The van der Waals surface area contributed by atoms with Crippen LogP contribution in [0, 0.1) is 0 Å². The molecular formula is C6H11NO2S. The molecule has 0 bridgehead atoms. The van der Waals surface area contributed by atoms with Crippen LogP contribution in [-0.2, 0) is 0 Å². The highest BCUT2D eigenvalue weighted by molar-refractivity contribution is 7.81. The van der Waals surface area contributed by atoms with Crippen molar-refractivity contribution in [3.05, 3.63) is 0 Å². The van der Waals surface area contributed by atoms with Gasteiger partial charge in [-0.25, -0.2) is 4.79 Å². The second-order valence-electron chi connectivity index (χ2n) is 2.52. The van der Waals surface area contributed by atoms with E-state index in [1.165, 1.54) is 4.90 Å². The van der Waals surface area contributed by atoms with E-state index in [9.17, 15) is 4.79 Å². The zero-order valence-corrected chi connectivity index (χ0v) is 6.55. The van der Waals surface area contributed by atoms with Crippen molar-refractivity contribution in [3.8, 4) is 0 Å². The van der Waals surface area contributed by atoms with Crippen LogP contribution in [0.25, 0.3) is 0 Å². The molecule has 1 saturated heterocycles. The van der Waals surface area contributed by atoms with Crippen molar-refractivity contribution in [2.24, 2.45) is 0 Å². The minimum absolute atomic E-state index is 0.241. The fourth-order valence-electron chi connectivity index (χ4n) is 1.13. The first-order chi connectivity index (χ1) is 4.70. The van der Waals surface area contributed by atoms with Crippen molar-refractivity contribution in [1.29, 1.82) is 0 Å². The van der Waals surface area contributed by atoms with Crippen molar-refractivity contribution in [2.45, 2.75) is 18.1 Å². The number of piperidine rings is 1. The lowest BCUT2D eigenvalue weighted by Gasteiger charge is -2.27. The lowest BCUT2D eigenvalue weighted by atomic mass is 10.1. The molecule has 1 aliphatic rings. The quantitative estimate of drug-likeness (QED) is 0.521. The Morgan fingerprint density at radius 2 is 2.40 bits per heavy atom. The van der Waals surface area contributed by atoms with E-state index in [-0.39, 0.29) is 5.25 Å². The summed E-state index contributed by atoms with van der Waals surface area (Å²) in [6, 6.07) is 0. The largest absolute Gasteiger partial charge is 0.465 e. The Kier molecular flexibility index (Phi) is 2.43. The highest BCUT2D eigenvalue weighted by atomic mass is 32.1. The third-order valence-electron chi connectivity index (χ3n) is 1.67. The van der Waals surface area contributed by atoms with Gasteiger partial charge in [-0.2, -0.15) is 12.6 Å². The van der Waals surface area contributed by atoms with Crippen molar-refractivity contribution < 1.29 is 9.90 Å². The van der Waals surface area contributed by atoms with Gasteiger partial charge in [-0.1, -0.05) is 0 Å². The predicted octanol–water partition coefficient (Wildman–Crippen LogP) is 1.06. The highest BCUT2D eigenvalue weighted by Gasteiger charge is 2.19. The number of hydrogen-bond acceptors (Lipinski definition) is 2. The van der Waals surface area contributed by atoms with E-state index in [2.05, 4.69) is 12.6 Å². The van der Waals surface area contributed by atoms with Crippen LogP contribution in [0.1, 0.15) is 12.8 Å². The minimum Gasteiger partial charge on any atom is -0.465 e. The molecule has 1 rings (SSSR count). The van der Waals surface area contributed by atoms with Gasteiger partial charge in [0.05, 0.1) is 0 Å². The summed E-state index contributed by atoms with van der Waals surface area (Å²) < 4.78 is 0. The molecule has 0 radical (unpaired) electrons. The van der Waals surface area contributed by atoms with Crippen LogP contribution in [0.4, 0.5) is 4.79 Å². The van der Waals surface area contributed by atoms with Gasteiger partial charge in [0.2, 0.25) is 0 Å². The van der Waals surface area contributed by atoms with E-state index >= 15 is 0 Å². The molecule has 1 unspecified atom stereocenters. The standard InChI is InChI=1S/C6H11NO2S/c8-6(9)7-3-1-2-5(10)4-7/h5,10H,1-4H2,(H,8,9). The monoisotopic (exact) mass is 161 g/mol. The number of carbonyl (C=O) groups is 1. The van der Waals surface area contributed by atoms with Crippen molar-refractivity contribution in [1.82, 2.24) is 4.90 Å². The molecule has 1 amide bonds. The molecule has 1 N–H and O–H groups in total. The summed E-state index contributed by atoms with van der Waals surface area (Å²) in [5.41, 5.74) is 0. The molecule has 1 atom stereocenters. The summed E-state index contributed by atoms with van der Waals surface area (Å²) >= 11 is 4.21. The first-order valence-electron chi connectivity index (χ1n) is 3.36. The number of carboxylic acid groups (broad SMARTS) is 1. The topological polar surface area (TPSA) is 40.5 Å². The maximum absolute atomic E-state index is 10.4. The van der Waals surface area contributed by atoms with E-state index in [0.717, 1.165) is 12.8 Å². The Morgan fingerprint density at radius 1 is 1.70 bits per heavy atom. The van der Waals surface area contributed by atoms with Crippen molar-refractivity contribution in [3.63, 3.8) is 0 Å². The number of rotatable bonds is 0. The molecule has 0 aromatic heterocycles. The van der Waals surface area contributed by atoms with E-state index < -0.39 is 6.09 Å². The smallest absolute Gasteiger partial charge is 0.407 e. The average molecular weight is 161 g/mol. The number of amides is 1. The summed E-state index contributed by atoms with van der Waals surface area (Å²) in [7, 11) is 0. The highest BCUT2D eigenvalue weighted by Crippen LogP contribution is 2.13. The van der Waals surface area contributed by atoms with Gasteiger partial charge in [-0.05, 0) is 12.8 Å². The van der Waals surface area contributed by atoms with Crippen LogP contribution >= 0.6 is 12.6 Å². The van der Waals surface area contributed by atoms with Crippen molar-refractivity contribution in [2.75, 3.05) is 13.1 Å². The average Bonchev–Trinajstić information content (AvgIpc) is 1.88. The fourth-order valence-corrected chi connectivity index (χ4v) is 1.51. The number of nitrogens with zero attached hydrogens (tertiary/aromatic N) is 1. The molecule has 10 heavy (non-hydrogen) atoms. The van der Waals surface area contributed by atoms with E-state index in [1.54, 1.807) is 0 Å². The van der Waals surface area contributed by atoms with Gasteiger partial charge in [-0.3, -0.25) is 0 Å². The Labute approximate surface area is 65.4 Å². The van der Waals surface area contributed by atoms with Gasteiger partial charge in [0.15, 0.2) is 0 Å². The van der Waals surface area contributed by atoms with Crippen LogP contribution in [0.15, 0.2) is 0 Å². The minimum atomic E-state index is -0.821. The van der Waals surface area contributed by atoms with E-state index in [4.69, 9.17) is 5.11 Å². The Hall–Kier alpha value is -0.380. The van der Waals surface area contributed by atoms with E-state index in [0.29, 0.717) is 13.1 Å². The Bertz CT molecular complexity index is 140. The third-order valence-corrected chi connectivity index (χ3v) is 2.09. The molecule has 0 aromatic rings. The molecular weight excluding hydrogens is 150 g/mol. The summed E-state index contributed by atoms with van der Waals surface area (Å²) in [6.45, 7) is 1.25. The first kappa shape index (κ1) is 7.72. The van der Waals surface area contributed by atoms with Crippen LogP contribution in [0.3, 0.4) is 0 Å². The molecule has 58 valence electrons. The molecule has 0 saturated carbocycles. The second kappa shape index (κ2) is 3.14. The first-order valence-corrected chi connectivity index (χ1v) is 3.87. The molecule has 0 spiro atoms. The maximum Gasteiger partial charge on any atom is 0.407 e. The Balaban J connectivity index is 2.39. The zero-order chi connectivity index (χ0) is 7.56.